The molecular formula is C17H23ClN2O2S. The van der Waals surface area contributed by atoms with Crippen LogP contribution in [0.3, 0.4) is 0 Å². The molecule has 6 heteroatoms. The van der Waals surface area contributed by atoms with E-state index >= 15 is 0 Å². The number of rotatable bonds is 2. The molecule has 1 unspecified atom stereocenters. The van der Waals surface area contributed by atoms with E-state index in [1.165, 1.54) is 0 Å². The normalized spacial score (nSPS) is 21.8. The van der Waals surface area contributed by atoms with Gasteiger partial charge in [-0.2, -0.15) is 4.31 Å². The summed E-state index contributed by atoms with van der Waals surface area (Å²) in [6.07, 6.45) is 0.691. The number of sulfonamides is 1. The number of nitrogens with zero attached hydrogens (tertiary/aromatic N) is 1. The van der Waals surface area contributed by atoms with E-state index in [2.05, 4.69) is 0 Å². The lowest BCUT2D eigenvalue weighted by molar-refractivity contribution is 0.155. The SMILES string of the molecule is CC1(C)CN(S(=O)(=O)c2cccc3ccccc23)CCC1N.Cl. The van der Waals surface area contributed by atoms with Crippen LogP contribution in [0, 0.1) is 5.41 Å². The van der Waals surface area contributed by atoms with Crippen LogP contribution in [0.5, 0.6) is 0 Å². The van der Waals surface area contributed by atoms with E-state index in [9.17, 15) is 8.42 Å². The minimum atomic E-state index is -3.51. The molecule has 2 N–H and O–H groups in total. The summed E-state index contributed by atoms with van der Waals surface area (Å²) in [5.41, 5.74) is 5.91. The number of fused-ring (bicyclic) bond motifs is 1. The number of nitrogens with two attached hydrogens (primary N) is 1. The van der Waals surface area contributed by atoms with Gasteiger partial charge < -0.3 is 5.73 Å². The third-order valence-electron chi connectivity index (χ3n) is 4.64. The fourth-order valence-corrected chi connectivity index (χ4v) is 4.93. The third kappa shape index (κ3) is 3.24. The summed E-state index contributed by atoms with van der Waals surface area (Å²) in [6, 6.07) is 13.1. The molecule has 1 atom stereocenters. The summed E-state index contributed by atoms with van der Waals surface area (Å²) in [4.78, 5) is 0.386. The molecule has 0 radical (unpaired) electrons. The summed E-state index contributed by atoms with van der Waals surface area (Å²) < 4.78 is 27.7. The van der Waals surface area contributed by atoms with Gasteiger partial charge in [-0.05, 0) is 23.3 Å². The van der Waals surface area contributed by atoms with Crippen LogP contribution in [0.25, 0.3) is 10.8 Å². The standard InChI is InChI=1S/C17H22N2O2S.ClH/c1-17(2)12-19(11-10-16(17)18)22(20,21)15-9-5-7-13-6-3-4-8-14(13)15;/h3-9,16H,10-12,18H2,1-2H3;1H. The molecule has 0 amide bonds. The van der Waals surface area contributed by atoms with E-state index in [1.807, 2.05) is 44.2 Å². The number of hydrogen-bond acceptors (Lipinski definition) is 3. The molecule has 0 spiro atoms. The molecule has 0 saturated carbocycles. The first-order valence-corrected chi connectivity index (χ1v) is 9.00. The molecule has 2 aromatic rings. The Morgan fingerprint density at radius 2 is 1.78 bits per heavy atom. The van der Waals surface area contributed by atoms with E-state index in [0.29, 0.717) is 24.4 Å². The monoisotopic (exact) mass is 354 g/mol. The zero-order valence-electron chi connectivity index (χ0n) is 13.4. The average Bonchev–Trinajstić information content (AvgIpc) is 2.49. The van der Waals surface area contributed by atoms with Gasteiger partial charge in [0.05, 0.1) is 4.90 Å². The quantitative estimate of drug-likeness (QED) is 0.901. The van der Waals surface area contributed by atoms with Gasteiger partial charge in [-0.15, -0.1) is 12.4 Å². The molecule has 0 aliphatic carbocycles. The van der Waals surface area contributed by atoms with Crippen LogP contribution in [0.15, 0.2) is 47.4 Å². The Hall–Kier alpha value is -1.14. The smallest absolute Gasteiger partial charge is 0.243 e. The first-order valence-electron chi connectivity index (χ1n) is 7.56. The highest BCUT2D eigenvalue weighted by Crippen LogP contribution is 2.33. The van der Waals surface area contributed by atoms with E-state index in [1.54, 1.807) is 16.4 Å². The summed E-state index contributed by atoms with van der Waals surface area (Å²) >= 11 is 0. The highest BCUT2D eigenvalue weighted by molar-refractivity contribution is 7.89. The lowest BCUT2D eigenvalue weighted by atomic mass is 9.81. The maximum Gasteiger partial charge on any atom is 0.243 e. The van der Waals surface area contributed by atoms with Crippen molar-refractivity contribution < 1.29 is 8.42 Å². The number of benzene rings is 2. The molecule has 126 valence electrons. The molecule has 1 aliphatic heterocycles. The zero-order valence-corrected chi connectivity index (χ0v) is 15.0. The van der Waals surface area contributed by atoms with Gasteiger partial charge in [0.2, 0.25) is 10.0 Å². The number of hydrogen-bond donors (Lipinski definition) is 1. The Bertz CT molecular complexity index is 800. The van der Waals surface area contributed by atoms with Crippen molar-refractivity contribution in [3.05, 3.63) is 42.5 Å². The molecule has 1 fully saturated rings. The Morgan fingerprint density at radius 3 is 2.48 bits per heavy atom. The lowest BCUT2D eigenvalue weighted by Crippen LogP contribution is -2.53. The summed E-state index contributed by atoms with van der Waals surface area (Å²) in [5, 5.41) is 1.72. The predicted molar refractivity (Wildman–Crippen MR) is 96.3 cm³/mol. The summed E-state index contributed by atoms with van der Waals surface area (Å²) in [5.74, 6) is 0. The zero-order chi connectivity index (χ0) is 16.0. The van der Waals surface area contributed by atoms with E-state index < -0.39 is 10.0 Å². The second kappa shape index (κ2) is 6.40. The molecule has 2 aromatic carbocycles. The highest BCUT2D eigenvalue weighted by Gasteiger charge is 2.39. The molecule has 1 aliphatic rings. The van der Waals surface area contributed by atoms with Gasteiger partial charge >= 0.3 is 0 Å². The Morgan fingerprint density at radius 1 is 1.13 bits per heavy atom. The number of piperidine rings is 1. The highest BCUT2D eigenvalue weighted by atomic mass is 35.5. The maximum atomic E-state index is 13.1. The van der Waals surface area contributed by atoms with Gasteiger partial charge in [-0.1, -0.05) is 50.2 Å². The van der Waals surface area contributed by atoms with Crippen LogP contribution in [0.1, 0.15) is 20.3 Å². The van der Waals surface area contributed by atoms with E-state index in [4.69, 9.17) is 5.73 Å². The molecule has 4 nitrogen and oxygen atoms in total. The van der Waals surface area contributed by atoms with Crippen LogP contribution < -0.4 is 5.73 Å². The molecule has 23 heavy (non-hydrogen) atoms. The molecule has 0 bridgehead atoms. The minimum Gasteiger partial charge on any atom is -0.327 e. The van der Waals surface area contributed by atoms with Crippen molar-refractivity contribution in [2.75, 3.05) is 13.1 Å². The molecular weight excluding hydrogens is 332 g/mol. The van der Waals surface area contributed by atoms with Crippen LogP contribution in [0.4, 0.5) is 0 Å². The van der Waals surface area contributed by atoms with Gasteiger partial charge in [-0.3, -0.25) is 0 Å². The fourth-order valence-electron chi connectivity index (χ4n) is 3.09. The van der Waals surface area contributed by atoms with Gasteiger partial charge in [0.15, 0.2) is 0 Å². The van der Waals surface area contributed by atoms with Gasteiger partial charge in [-0.25, -0.2) is 8.42 Å². The predicted octanol–water partition coefficient (Wildman–Crippen LogP) is 3.01. The molecule has 3 rings (SSSR count). The average molecular weight is 355 g/mol. The van der Waals surface area contributed by atoms with Crippen molar-refractivity contribution >= 4 is 33.2 Å². The van der Waals surface area contributed by atoms with Crippen LogP contribution in [-0.2, 0) is 10.0 Å². The van der Waals surface area contributed by atoms with Gasteiger partial charge in [0.25, 0.3) is 0 Å². The Balaban J connectivity index is 0.00000192. The second-order valence-electron chi connectivity index (χ2n) is 6.70. The van der Waals surface area contributed by atoms with Crippen LogP contribution >= 0.6 is 12.4 Å². The summed E-state index contributed by atoms with van der Waals surface area (Å²) in [7, 11) is -3.51. The second-order valence-corrected chi connectivity index (χ2v) is 8.61. The first kappa shape index (κ1) is 18.2. The minimum absolute atomic E-state index is 0. The van der Waals surface area contributed by atoms with Crippen molar-refractivity contribution in [3.63, 3.8) is 0 Å². The van der Waals surface area contributed by atoms with Crippen molar-refractivity contribution in [1.82, 2.24) is 4.31 Å². The fraction of sp³-hybridized carbons (Fsp3) is 0.412. The van der Waals surface area contributed by atoms with Crippen LogP contribution in [0.2, 0.25) is 0 Å². The van der Waals surface area contributed by atoms with E-state index in [-0.39, 0.29) is 23.9 Å². The van der Waals surface area contributed by atoms with Crippen molar-refractivity contribution in [2.24, 2.45) is 11.1 Å². The van der Waals surface area contributed by atoms with Crippen molar-refractivity contribution in [3.8, 4) is 0 Å². The van der Waals surface area contributed by atoms with Crippen molar-refractivity contribution in [1.29, 1.82) is 0 Å². The maximum absolute atomic E-state index is 13.1. The first-order chi connectivity index (χ1) is 10.3. The van der Waals surface area contributed by atoms with Gasteiger partial charge in [0.1, 0.15) is 0 Å². The topological polar surface area (TPSA) is 63.4 Å². The van der Waals surface area contributed by atoms with Crippen molar-refractivity contribution in [2.45, 2.75) is 31.2 Å². The molecule has 1 saturated heterocycles. The van der Waals surface area contributed by atoms with Crippen LogP contribution in [-0.4, -0.2) is 31.9 Å². The Kier molecular flexibility index (Phi) is 5.06. The summed E-state index contributed by atoms with van der Waals surface area (Å²) in [6.45, 7) is 5.00. The molecule has 1 heterocycles. The molecule has 0 aromatic heterocycles. The lowest BCUT2D eigenvalue weighted by Gasteiger charge is -2.41. The largest absolute Gasteiger partial charge is 0.327 e. The Labute approximate surface area is 144 Å². The van der Waals surface area contributed by atoms with Gasteiger partial charge in [0, 0.05) is 24.5 Å². The number of halogens is 1. The van der Waals surface area contributed by atoms with E-state index in [0.717, 1.165) is 10.8 Å². The third-order valence-corrected chi connectivity index (χ3v) is 6.55.